The van der Waals surface area contributed by atoms with Crippen molar-refractivity contribution in [3.05, 3.63) is 33.8 Å². The van der Waals surface area contributed by atoms with E-state index in [0.29, 0.717) is 16.8 Å². The highest BCUT2D eigenvalue weighted by Gasteiger charge is 2.28. The van der Waals surface area contributed by atoms with Gasteiger partial charge in [-0.2, -0.15) is 0 Å². The molecule has 1 aromatic rings. The lowest BCUT2D eigenvalue weighted by molar-refractivity contribution is 0.211. The van der Waals surface area contributed by atoms with Gasteiger partial charge in [0.15, 0.2) is 0 Å². The van der Waals surface area contributed by atoms with E-state index in [1.54, 1.807) is 0 Å². The molecule has 0 amide bonds. The van der Waals surface area contributed by atoms with Crippen molar-refractivity contribution in [1.82, 2.24) is 5.32 Å². The first-order chi connectivity index (χ1) is 10.1. The first kappa shape index (κ1) is 16.9. The van der Waals surface area contributed by atoms with E-state index in [0.717, 1.165) is 12.3 Å². The molecule has 0 spiro atoms. The molecule has 0 bridgehead atoms. The Morgan fingerprint density at radius 3 is 2.76 bits per heavy atom. The lowest BCUT2D eigenvalue weighted by atomic mass is 9.75. The van der Waals surface area contributed by atoms with Crippen molar-refractivity contribution in [2.24, 2.45) is 11.8 Å². The molecule has 1 aromatic carbocycles. The Morgan fingerprint density at radius 2 is 2.10 bits per heavy atom. The van der Waals surface area contributed by atoms with Crippen molar-refractivity contribution in [2.75, 3.05) is 7.05 Å². The molecule has 3 unspecified atom stereocenters. The van der Waals surface area contributed by atoms with E-state index >= 15 is 0 Å². The number of benzene rings is 1. The third kappa shape index (κ3) is 4.04. The number of hydrogen-bond donors (Lipinski definition) is 1. The molecule has 118 valence electrons. The lowest BCUT2D eigenvalue weighted by Crippen LogP contribution is -2.38. The van der Waals surface area contributed by atoms with Crippen LogP contribution < -0.4 is 5.32 Å². The van der Waals surface area contributed by atoms with Gasteiger partial charge in [0, 0.05) is 11.6 Å². The van der Waals surface area contributed by atoms with Crippen LogP contribution in [0.15, 0.2) is 16.6 Å². The van der Waals surface area contributed by atoms with Crippen LogP contribution in [0.3, 0.4) is 0 Å². The Kier molecular flexibility index (Phi) is 6.18. The van der Waals surface area contributed by atoms with Crippen LogP contribution in [-0.2, 0) is 6.42 Å². The Hall–Kier alpha value is -0.480. The Morgan fingerprint density at radius 1 is 1.33 bits per heavy atom. The summed E-state index contributed by atoms with van der Waals surface area (Å²) in [7, 11) is 1.90. The van der Waals surface area contributed by atoms with E-state index in [1.165, 1.54) is 37.8 Å². The summed E-state index contributed by atoms with van der Waals surface area (Å²) in [4.78, 5) is 0. The molecule has 1 aliphatic carbocycles. The molecule has 0 saturated heterocycles. The average Bonchev–Trinajstić information content (AvgIpc) is 2.51. The average molecular weight is 360 g/mol. The normalized spacial score (nSPS) is 24.0. The second kappa shape index (κ2) is 7.68. The minimum atomic E-state index is -0.460. The number of hydrogen-bond acceptors (Lipinski definition) is 1. The van der Waals surface area contributed by atoms with Crippen LogP contribution in [0.25, 0.3) is 0 Å². The van der Waals surface area contributed by atoms with E-state index in [2.05, 4.69) is 28.2 Å². The van der Waals surface area contributed by atoms with Crippen molar-refractivity contribution in [3.8, 4) is 0 Å². The van der Waals surface area contributed by atoms with Crippen LogP contribution >= 0.6 is 15.9 Å². The maximum absolute atomic E-state index is 14.2. The van der Waals surface area contributed by atoms with Gasteiger partial charge in [0.1, 0.15) is 11.6 Å². The highest BCUT2D eigenvalue weighted by molar-refractivity contribution is 9.10. The highest BCUT2D eigenvalue weighted by atomic mass is 79.9. The fourth-order valence-electron chi connectivity index (χ4n) is 3.55. The predicted octanol–water partition coefficient (Wildman–Crippen LogP) is 5.07. The van der Waals surface area contributed by atoms with E-state index in [9.17, 15) is 8.78 Å². The van der Waals surface area contributed by atoms with Gasteiger partial charge in [-0.25, -0.2) is 8.78 Å². The molecule has 2 rings (SSSR count). The van der Waals surface area contributed by atoms with Gasteiger partial charge < -0.3 is 5.32 Å². The van der Waals surface area contributed by atoms with E-state index in [1.807, 2.05) is 7.05 Å². The van der Waals surface area contributed by atoms with E-state index in [4.69, 9.17) is 0 Å². The van der Waals surface area contributed by atoms with Gasteiger partial charge in [0.25, 0.3) is 0 Å². The van der Waals surface area contributed by atoms with Crippen LogP contribution in [0.5, 0.6) is 0 Å². The molecule has 3 atom stereocenters. The van der Waals surface area contributed by atoms with Crippen LogP contribution in [0.2, 0.25) is 0 Å². The SMILES string of the molecule is CCC1CCCC(C(Cc2c(F)ccc(Br)c2F)NC)C1. The minimum absolute atomic E-state index is 0.137. The van der Waals surface area contributed by atoms with Gasteiger partial charge >= 0.3 is 0 Å². The quantitative estimate of drug-likeness (QED) is 0.723. The number of nitrogens with one attached hydrogen (secondary N) is 1. The molecule has 4 heteroatoms. The molecule has 0 radical (unpaired) electrons. The van der Waals surface area contributed by atoms with Gasteiger partial charge in [-0.1, -0.05) is 26.2 Å². The molecular formula is C17H24BrF2N. The monoisotopic (exact) mass is 359 g/mol. The fourth-order valence-corrected chi connectivity index (χ4v) is 3.92. The molecule has 0 heterocycles. The maximum atomic E-state index is 14.2. The zero-order valence-corrected chi connectivity index (χ0v) is 14.3. The Labute approximate surface area is 134 Å². The third-order valence-electron chi connectivity index (χ3n) is 4.90. The maximum Gasteiger partial charge on any atom is 0.143 e. The highest BCUT2D eigenvalue weighted by Crippen LogP contribution is 2.34. The van der Waals surface area contributed by atoms with Crippen LogP contribution in [-0.4, -0.2) is 13.1 Å². The summed E-state index contributed by atoms with van der Waals surface area (Å²) in [6.45, 7) is 2.23. The second-order valence-electron chi connectivity index (χ2n) is 6.12. The van der Waals surface area contributed by atoms with Crippen molar-refractivity contribution < 1.29 is 8.78 Å². The summed E-state index contributed by atoms with van der Waals surface area (Å²) in [6.07, 6.45) is 6.45. The van der Waals surface area contributed by atoms with Gasteiger partial charge in [-0.05, 0) is 66.2 Å². The van der Waals surface area contributed by atoms with Crippen LogP contribution in [0.4, 0.5) is 8.78 Å². The third-order valence-corrected chi connectivity index (χ3v) is 5.52. The summed E-state index contributed by atoms with van der Waals surface area (Å²) >= 11 is 3.15. The van der Waals surface area contributed by atoms with Crippen molar-refractivity contribution in [1.29, 1.82) is 0 Å². The Balaban J connectivity index is 2.14. The van der Waals surface area contributed by atoms with E-state index < -0.39 is 11.6 Å². The lowest BCUT2D eigenvalue weighted by Gasteiger charge is -2.34. The first-order valence-corrected chi connectivity index (χ1v) is 8.65. The summed E-state index contributed by atoms with van der Waals surface area (Å²) in [6, 6.07) is 2.90. The summed E-state index contributed by atoms with van der Waals surface area (Å²) < 4.78 is 28.4. The molecular weight excluding hydrogens is 336 g/mol. The topological polar surface area (TPSA) is 12.0 Å². The summed E-state index contributed by atoms with van der Waals surface area (Å²) in [5.74, 6) is 0.361. The summed E-state index contributed by atoms with van der Waals surface area (Å²) in [5, 5.41) is 3.29. The van der Waals surface area contributed by atoms with Crippen LogP contribution in [0.1, 0.15) is 44.6 Å². The van der Waals surface area contributed by atoms with Gasteiger partial charge in [-0.15, -0.1) is 0 Å². The molecule has 1 saturated carbocycles. The van der Waals surface area contributed by atoms with Crippen molar-refractivity contribution in [3.63, 3.8) is 0 Å². The van der Waals surface area contributed by atoms with Gasteiger partial charge in [0.05, 0.1) is 4.47 Å². The standard InChI is InChI=1S/C17H24BrF2N/c1-3-11-5-4-6-12(9-11)16(21-2)10-13-15(19)8-7-14(18)17(13)20/h7-8,11-12,16,21H,3-6,9-10H2,1-2H3. The summed E-state index contributed by atoms with van der Waals surface area (Å²) in [5.41, 5.74) is 0.197. The van der Waals surface area contributed by atoms with Crippen LogP contribution in [0, 0.1) is 23.5 Å². The second-order valence-corrected chi connectivity index (χ2v) is 6.98. The van der Waals surface area contributed by atoms with Gasteiger partial charge in [-0.3, -0.25) is 0 Å². The number of rotatable bonds is 5. The molecule has 0 aliphatic heterocycles. The predicted molar refractivity (Wildman–Crippen MR) is 86.3 cm³/mol. The molecule has 1 fully saturated rings. The largest absolute Gasteiger partial charge is 0.316 e. The zero-order chi connectivity index (χ0) is 15.4. The molecule has 0 aromatic heterocycles. The van der Waals surface area contributed by atoms with E-state index in [-0.39, 0.29) is 11.6 Å². The fraction of sp³-hybridized carbons (Fsp3) is 0.647. The molecule has 21 heavy (non-hydrogen) atoms. The molecule has 1 nitrogen and oxygen atoms in total. The molecule has 1 aliphatic rings. The zero-order valence-electron chi connectivity index (χ0n) is 12.8. The van der Waals surface area contributed by atoms with Crippen molar-refractivity contribution >= 4 is 15.9 Å². The first-order valence-electron chi connectivity index (χ1n) is 7.86. The number of halogens is 3. The number of likely N-dealkylation sites (N-methyl/N-ethyl adjacent to an activating group) is 1. The molecule has 1 N–H and O–H groups in total. The minimum Gasteiger partial charge on any atom is -0.316 e. The van der Waals surface area contributed by atoms with Gasteiger partial charge in [0.2, 0.25) is 0 Å². The Bertz CT molecular complexity index is 478. The smallest absolute Gasteiger partial charge is 0.143 e. The van der Waals surface area contributed by atoms with Crippen molar-refractivity contribution in [2.45, 2.75) is 51.5 Å².